The molecule has 0 atom stereocenters. The average molecular weight is 280 g/mol. The summed E-state index contributed by atoms with van der Waals surface area (Å²) in [6.07, 6.45) is 5.94. The molecule has 6 nitrogen and oxygen atoms in total. The molecule has 6 heteroatoms. The van der Waals surface area contributed by atoms with Crippen molar-refractivity contribution < 1.29 is 0 Å². The molecular formula is C14H24N4O2. The Morgan fingerprint density at radius 3 is 2.50 bits per heavy atom. The Hall–Kier alpha value is -1.72. The smallest absolute Gasteiger partial charge is 0.330 e. The molecule has 0 aliphatic heterocycles. The number of nitrogens with one attached hydrogen (secondary N) is 2. The fraction of sp³-hybridized carbons (Fsp3) is 0.714. The highest BCUT2D eigenvalue weighted by Gasteiger charge is 2.32. The van der Waals surface area contributed by atoms with Crippen molar-refractivity contribution in [2.24, 2.45) is 5.41 Å². The standard InChI is InChI=1S/C14H24N4O2/c1-3-14(7-5-6-8-14)9-16-10-11(15)18(4-2)13(20)17-12(10)19/h16H,3-9,15H2,1-2H3,(H,17,19,20). The van der Waals surface area contributed by atoms with Gasteiger partial charge in [0.2, 0.25) is 0 Å². The maximum atomic E-state index is 11.9. The summed E-state index contributed by atoms with van der Waals surface area (Å²) >= 11 is 0. The van der Waals surface area contributed by atoms with E-state index in [4.69, 9.17) is 5.73 Å². The Bertz CT molecular complexity index is 582. The highest BCUT2D eigenvalue weighted by atomic mass is 16.2. The van der Waals surface area contributed by atoms with E-state index in [9.17, 15) is 9.59 Å². The van der Waals surface area contributed by atoms with E-state index in [0.29, 0.717) is 12.2 Å². The van der Waals surface area contributed by atoms with Crippen molar-refractivity contribution in [2.75, 3.05) is 17.6 Å². The van der Waals surface area contributed by atoms with E-state index < -0.39 is 11.2 Å². The molecule has 1 saturated carbocycles. The third-order valence-electron chi connectivity index (χ3n) is 4.61. The van der Waals surface area contributed by atoms with Crippen molar-refractivity contribution in [1.82, 2.24) is 9.55 Å². The normalized spacial score (nSPS) is 17.3. The van der Waals surface area contributed by atoms with E-state index in [1.165, 1.54) is 30.3 Å². The zero-order valence-corrected chi connectivity index (χ0v) is 12.3. The monoisotopic (exact) mass is 280 g/mol. The first-order valence-electron chi connectivity index (χ1n) is 7.39. The quantitative estimate of drug-likeness (QED) is 0.762. The van der Waals surface area contributed by atoms with Crippen LogP contribution in [0.4, 0.5) is 11.5 Å². The summed E-state index contributed by atoms with van der Waals surface area (Å²) in [6.45, 7) is 5.19. The van der Waals surface area contributed by atoms with Gasteiger partial charge in [0, 0.05) is 13.1 Å². The van der Waals surface area contributed by atoms with Crippen LogP contribution >= 0.6 is 0 Å². The minimum Gasteiger partial charge on any atom is -0.383 e. The average Bonchev–Trinajstić information content (AvgIpc) is 2.88. The summed E-state index contributed by atoms with van der Waals surface area (Å²) < 4.78 is 1.37. The molecule has 0 amide bonds. The number of hydrogen-bond acceptors (Lipinski definition) is 4. The lowest BCUT2D eigenvalue weighted by Crippen LogP contribution is -2.35. The van der Waals surface area contributed by atoms with Crippen LogP contribution in [0.15, 0.2) is 9.59 Å². The van der Waals surface area contributed by atoms with Crippen LogP contribution in [0.3, 0.4) is 0 Å². The molecule has 0 saturated heterocycles. The highest BCUT2D eigenvalue weighted by Crippen LogP contribution is 2.40. The summed E-state index contributed by atoms with van der Waals surface area (Å²) in [6, 6.07) is 0. The molecular weight excluding hydrogens is 256 g/mol. The lowest BCUT2D eigenvalue weighted by atomic mass is 9.83. The predicted molar refractivity (Wildman–Crippen MR) is 81.1 cm³/mol. The van der Waals surface area contributed by atoms with E-state index in [-0.39, 0.29) is 11.2 Å². The van der Waals surface area contributed by atoms with Crippen LogP contribution < -0.4 is 22.3 Å². The van der Waals surface area contributed by atoms with E-state index in [2.05, 4.69) is 17.2 Å². The first-order valence-corrected chi connectivity index (χ1v) is 7.39. The number of aromatic nitrogens is 2. The molecule has 0 bridgehead atoms. The number of rotatable bonds is 5. The Labute approximate surface area is 118 Å². The van der Waals surface area contributed by atoms with Gasteiger partial charge >= 0.3 is 5.69 Å². The summed E-state index contributed by atoms with van der Waals surface area (Å²) in [7, 11) is 0. The third kappa shape index (κ3) is 2.59. The summed E-state index contributed by atoms with van der Waals surface area (Å²) in [5, 5.41) is 3.19. The second-order valence-electron chi connectivity index (χ2n) is 5.68. The third-order valence-corrected chi connectivity index (χ3v) is 4.61. The van der Waals surface area contributed by atoms with Crippen LogP contribution in [0.25, 0.3) is 0 Å². The summed E-state index contributed by atoms with van der Waals surface area (Å²) in [5.74, 6) is 0.227. The molecule has 4 N–H and O–H groups in total. The lowest BCUT2D eigenvalue weighted by Gasteiger charge is -2.28. The van der Waals surface area contributed by atoms with Crippen molar-refractivity contribution >= 4 is 11.5 Å². The van der Waals surface area contributed by atoms with Crippen molar-refractivity contribution in [3.05, 3.63) is 20.8 Å². The van der Waals surface area contributed by atoms with Gasteiger partial charge in [-0.2, -0.15) is 0 Å². The van der Waals surface area contributed by atoms with Gasteiger partial charge in [-0.1, -0.05) is 19.8 Å². The zero-order chi connectivity index (χ0) is 14.8. The molecule has 1 aliphatic rings. The predicted octanol–water partition coefficient (Wildman–Crippen LogP) is 1.52. The molecule has 2 rings (SSSR count). The van der Waals surface area contributed by atoms with Crippen molar-refractivity contribution in [1.29, 1.82) is 0 Å². The molecule has 1 heterocycles. The lowest BCUT2D eigenvalue weighted by molar-refractivity contribution is 0.306. The van der Waals surface area contributed by atoms with Crippen molar-refractivity contribution in [2.45, 2.75) is 52.5 Å². The number of hydrogen-bond donors (Lipinski definition) is 3. The second kappa shape index (κ2) is 5.73. The fourth-order valence-corrected chi connectivity index (χ4v) is 3.13. The minimum atomic E-state index is -0.452. The van der Waals surface area contributed by atoms with Gasteiger partial charge < -0.3 is 11.1 Å². The molecule has 0 unspecified atom stereocenters. The molecule has 1 aromatic rings. The molecule has 1 aliphatic carbocycles. The topological polar surface area (TPSA) is 92.9 Å². The molecule has 20 heavy (non-hydrogen) atoms. The number of nitrogen functional groups attached to an aromatic ring is 1. The Morgan fingerprint density at radius 1 is 1.30 bits per heavy atom. The van der Waals surface area contributed by atoms with Crippen LogP contribution in [0, 0.1) is 5.41 Å². The van der Waals surface area contributed by atoms with Gasteiger partial charge in [-0.05, 0) is 31.6 Å². The summed E-state index contributed by atoms with van der Waals surface area (Å²) in [5.41, 5.74) is 5.65. The molecule has 0 aromatic carbocycles. The largest absolute Gasteiger partial charge is 0.383 e. The van der Waals surface area contributed by atoms with Gasteiger partial charge in [-0.3, -0.25) is 14.3 Å². The van der Waals surface area contributed by atoms with Gasteiger partial charge in [-0.25, -0.2) is 4.79 Å². The highest BCUT2D eigenvalue weighted by molar-refractivity contribution is 5.60. The van der Waals surface area contributed by atoms with Crippen molar-refractivity contribution in [3.8, 4) is 0 Å². The van der Waals surface area contributed by atoms with Gasteiger partial charge in [0.05, 0.1) is 0 Å². The maximum Gasteiger partial charge on any atom is 0.330 e. The van der Waals surface area contributed by atoms with Crippen LogP contribution in [0.5, 0.6) is 0 Å². The fourth-order valence-electron chi connectivity index (χ4n) is 3.13. The Morgan fingerprint density at radius 2 is 1.95 bits per heavy atom. The molecule has 0 spiro atoms. The van der Waals surface area contributed by atoms with Gasteiger partial charge in [0.15, 0.2) is 0 Å². The number of aromatic amines is 1. The SMILES string of the molecule is CCn1c(N)c(NCC2(CC)CCCC2)c(=O)[nH]c1=O. The van der Waals surface area contributed by atoms with Crippen molar-refractivity contribution in [3.63, 3.8) is 0 Å². The van der Waals surface area contributed by atoms with E-state index in [1.807, 2.05) is 6.92 Å². The van der Waals surface area contributed by atoms with Crippen LogP contribution in [0.1, 0.15) is 46.0 Å². The van der Waals surface area contributed by atoms with E-state index in [0.717, 1.165) is 13.0 Å². The maximum absolute atomic E-state index is 11.9. The molecule has 1 aromatic heterocycles. The number of nitrogens with zero attached hydrogens (tertiary/aromatic N) is 1. The number of anilines is 2. The Kier molecular flexibility index (Phi) is 4.20. The van der Waals surface area contributed by atoms with Crippen LogP contribution in [-0.2, 0) is 6.54 Å². The van der Waals surface area contributed by atoms with Gasteiger partial charge in [0.1, 0.15) is 11.5 Å². The first kappa shape index (κ1) is 14.7. The van der Waals surface area contributed by atoms with E-state index >= 15 is 0 Å². The van der Waals surface area contributed by atoms with Crippen LogP contribution in [0.2, 0.25) is 0 Å². The minimum absolute atomic E-state index is 0.227. The van der Waals surface area contributed by atoms with Crippen LogP contribution in [-0.4, -0.2) is 16.1 Å². The first-order chi connectivity index (χ1) is 9.53. The van der Waals surface area contributed by atoms with Gasteiger partial charge in [0.25, 0.3) is 5.56 Å². The second-order valence-corrected chi connectivity index (χ2v) is 5.68. The summed E-state index contributed by atoms with van der Waals surface area (Å²) in [4.78, 5) is 25.9. The number of nitrogens with two attached hydrogens (primary N) is 1. The molecule has 0 radical (unpaired) electrons. The molecule has 1 fully saturated rings. The zero-order valence-electron chi connectivity index (χ0n) is 12.3. The molecule has 112 valence electrons. The Balaban J connectivity index is 2.26. The van der Waals surface area contributed by atoms with E-state index in [1.54, 1.807) is 0 Å². The van der Waals surface area contributed by atoms with Gasteiger partial charge in [-0.15, -0.1) is 0 Å². The number of H-pyrrole nitrogens is 1.